The molecule has 0 unspecified atom stereocenters. The van der Waals surface area contributed by atoms with E-state index in [0.29, 0.717) is 72.1 Å². The lowest BCUT2D eigenvalue weighted by Crippen LogP contribution is -2.28. The molecule has 0 bridgehead atoms. The molecular formula is C45H52N3O13S5+. The van der Waals surface area contributed by atoms with Crippen LogP contribution in [0.25, 0.3) is 0 Å². The summed E-state index contributed by atoms with van der Waals surface area (Å²) in [6.45, 7) is 8.83. The first-order valence-corrected chi connectivity index (χ1v) is 26.8. The lowest BCUT2D eigenvalue weighted by molar-refractivity contribution is -0.438. The number of fused-ring (bicyclic) bond motifs is 2. The Morgan fingerprint density at radius 2 is 1.53 bits per heavy atom. The molecule has 6 rings (SSSR count). The fourth-order valence-electron chi connectivity index (χ4n) is 8.64. The molecule has 2 heterocycles. The molecule has 16 nitrogen and oxygen atoms in total. The molecule has 0 atom stereocenters. The van der Waals surface area contributed by atoms with E-state index < -0.39 is 46.9 Å². The minimum Gasteiger partial charge on any atom is -0.457 e. The van der Waals surface area contributed by atoms with Crippen molar-refractivity contribution in [1.29, 1.82) is 0 Å². The van der Waals surface area contributed by atoms with Crippen molar-refractivity contribution >= 4 is 82.6 Å². The summed E-state index contributed by atoms with van der Waals surface area (Å²) in [6, 6.07) is 17.2. The summed E-state index contributed by atoms with van der Waals surface area (Å²) in [4.78, 5) is 6.48. The molecule has 66 heavy (non-hydrogen) atoms. The summed E-state index contributed by atoms with van der Waals surface area (Å²) in [5.74, 6) is 0.364. The number of thiocarbonyl (C=S) groups is 1. The first-order chi connectivity index (χ1) is 31.0. The highest BCUT2D eigenvalue weighted by Gasteiger charge is 2.45. The first-order valence-electron chi connectivity index (χ1n) is 21.0. The van der Waals surface area contributed by atoms with Crippen molar-refractivity contribution in [2.75, 3.05) is 29.5 Å². The van der Waals surface area contributed by atoms with Crippen LogP contribution >= 0.6 is 24.3 Å². The first kappa shape index (κ1) is 51.0. The van der Waals surface area contributed by atoms with Gasteiger partial charge in [-0.25, -0.2) is 5.26 Å². The number of nitrogens with zero attached hydrogens (tertiary/aromatic N) is 3. The van der Waals surface area contributed by atoms with Crippen LogP contribution in [0.3, 0.4) is 0 Å². The highest BCUT2D eigenvalue weighted by atomic mass is 32.2. The average molecular weight is 1000 g/mol. The quantitative estimate of drug-likeness (QED) is 0.0121. The third-order valence-electron chi connectivity index (χ3n) is 11.8. The van der Waals surface area contributed by atoms with Crippen LogP contribution in [-0.2, 0) is 50.6 Å². The Kier molecular flexibility index (Phi) is 16.2. The van der Waals surface area contributed by atoms with Gasteiger partial charge in [0.1, 0.15) is 18.1 Å². The molecule has 21 heteroatoms. The number of ether oxygens (including phenoxy) is 1. The lowest BCUT2D eigenvalue weighted by atomic mass is 9.81. The Morgan fingerprint density at radius 3 is 2.18 bits per heavy atom. The molecule has 0 fully saturated rings. The zero-order valence-corrected chi connectivity index (χ0v) is 40.8. The van der Waals surface area contributed by atoms with Gasteiger partial charge in [-0.05, 0) is 148 Å². The van der Waals surface area contributed by atoms with Crippen LogP contribution < -0.4 is 9.64 Å². The van der Waals surface area contributed by atoms with Gasteiger partial charge in [0.25, 0.3) is 30.4 Å². The van der Waals surface area contributed by atoms with E-state index in [1.165, 1.54) is 12.1 Å². The molecule has 3 aromatic rings. The van der Waals surface area contributed by atoms with E-state index in [-0.39, 0.29) is 23.5 Å². The van der Waals surface area contributed by atoms with Crippen molar-refractivity contribution in [2.24, 2.45) is 4.99 Å². The fraction of sp³-hybridized carbons (Fsp3) is 0.378. The number of hydrogen-bond acceptors (Lipinski definition) is 14. The fourth-order valence-corrected chi connectivity index (χ4v) is 10.8. The summed E-state index contributed by atoms with van der Waals surface area (Å²) in [7, 11) is -12.8. The standard InChI is InChI=1S/C45H51N3O13S5/c1-44(2)37-28-35(63-61-60-49)18-20-39(37)47(24-5-7-26-64(50,51)52)41(44)22-12-31-10-9-11-32(43(31)59-34-16-14-33(15-17-34)46-30-62)13-23-42-45(3,4)38-29-36(66(56,57)58)19-21-40(38)48(42)25-6-8-27-65(53,54)55/h12-23,28-29H,5-11,24-27H2,1-4H3,(H3-,49,50,51,52,53,54,55,56,57,58)/p+1. The van der Waals surface area contributed by atoms with Crippen LogP contribution in [0.4, 0.5) is 17.1 Å². The second kappa shape index (κ2) is 20.9. The van der Waals surface area contributed by atoms with E-state index in [1.807, 2.05) is 61.3 Å². The molecule has 0 radical (unpaired) electrons. The van der Waals surface area contributed by atoms with Gasteiger partial charge in [0.2, 0.25) is 5.69 Å². The molecular weight excluding hydrogens is 951 g/mol. The second-order valence-electron chi connectivity index (χ2n) is 17.1. The summed E-state index contributed by atoms with van der Waals surface area (Å²) in [5.41, 5.74) is 5.88. The van der Waals surface area contributed by atoms with Crippen LogP contribution in [-0.4, -0.2) is 84.2 Å². The van der Waals surface area contributed by atoms with Gasteiger partial charge in [0, 0.05) is 52.4 Å². The van der Waals surface area contributed by atoms with Crippen molar-refractivity contribution in [3.05, 3.63) is 119 Å². The van der Waals surface area contributed by atoms with Gasteiger partial charge in [0.05, 0.1) is 44.7 Å². The zero-order chi connectivity index (χ0) is 48.1. The summed E-state index contributed by atoms with van der Waals surface area (Å²) >= 11 is 5.64. The number of isothiocyanates is 1. The topological polar surface area (TPSA) is 230 Å². The Labute approximate surface area is 395 Å². The molecule has 4 N–H and O–H groups in total. The molecule has 3 aromatic carbocycles. The van der Waals surface area contributed by atoms with Crippen molar-refractivity contribution in [3.63, 3.8) is 0 Å². The molecule has 0 spiro atoms. The lowest BCUT2D eigenvalue weighted by Gasteiger charge is -2.27. The monoisotopic (exact) mass is 1000 g/mol. The van der Waals surface area contributed by atoms with E-state index in [4.69, 9.17) is 26.5 Å². The number of allylic oxidation sites excluding steroid dienone is 7. The van der Waals surface area contributed by atoms with Gasteiger partial charge in [-0.2, -0.15) is 34.8 Å². The van der Waals surface area contributed by atoms with Gasteiger partial charge in [-0.1, -0.05) is 25.0 Å². The van der Waals surface area contributed by atoms with Gasteiger partial charge in [0.15, 0.2) is 5.71 Å². The maximum atomic E-state index is 12.3. The van der Waals surface area contributed by atoms with E-state index >= 15 is 0 Å². The van der Waals surface area contributed by atoms with Crippen molar-refractivity contribution in [2.45, 2.75) is 93.3 Å². The van der Waals surface area contributed by atoms with Crippen LogP contribution in [0.5, 0.6) is 5.75 Å². The Hall–Kier alpha value is -4.35. The Balaban J connectivity index is 1.46. The highest BCUT2D eigenvalue weighted by molar-refractivity contribution is 7.94. The average Bonchev–Trinajstić information content (AvgIpc) is 3.58. The SMILES string of the molecule is CC1(C)C(/C=C/C2=C(Oc3ccc(N=C=S)cc3)C(=C/C=C3/N(CCCCS(=O)(=O)O)c4ccc(S(=O)(=O)O)cc4C3(C)C)/CCC2)=[N+](CCCCS(=O)(=O)O)c2ccc(SOOO)cc21. The van der Waals surface area contributed by atoms with Crippen molar-refractivity contribution in [1.82, 2.24) is 0 Å². The third-order valence-corrected chi connectivity index (χ3v) is 15.0. The van der Waals surface area contributed by atoms with E-state index in [1.54, 1.807) is 30.3 Å². The Bertz CT molecular complexity index is 2900. The largest absolute Gasteiger partial charge is 0.457 e. The molecule has 0 amide bonds. The number of unbranched alkanes of at least 4 members (excludes halogenated alkanes) is 2. The van der Waals surface area contributed by atoms with E-state index in [0.717, 1.165) is 52.3 Å². The summed E-state index contributed by atoms with van der Waals surface area (Å²) < 4.78 is 113. The molecule has 0 saturated heterocycles. The molecule has 3 aliphatic rings. The normalized spacial score (nSPS) is 18.3. The molecule has 354 valence electrons. The predicted molar refractivity (Wildman–Crippen MR) is 256 cm³/mol. The number of aliphatic imine (C=N–C) groups is 1. The van der Waals surface area contributed by atoms with E-state index in [2.05, 4.69) is 33.6 Å². The highest BCUT2D eigenvalue weighted by Crippen LogP contribution is 2.49. The van der Waals surface area contributed by atoms with Crippen molar-refractivity contribution < 1.29 is 62.9 Å². The third kappa shape index (κ3) is 12.4. The summed E-state index contributed by atoms with van der Waals surface area (Å²) in [6.07, 6.45) is 11.3. The number of anilines is 1. The Morgan fingerprint density at radius 1 is 0.833 bits per heavy atom. The molecule has 0 saturated carbocycles. The number of rotatable bonds is 20. The number of benzene rings is 3. The molecule has 0 aromatic heterocycles. The van der Waals surface area contributed by atoms with Crippen molar-refractivity contribution in [3.8, 4) is 5.75 Å². The molecule has 2 aliphatic heterocycles. The maximum Gasteiger partial charge on any atom is 0.294 e. The van der Waals surface area contributed by atoms with Gasteiger partial charge in [-0.3, -0.25) is 13.7 Å². The van der Waals surface area contributed by atoms with E-state index in [9.17, 15) is 38.9 Å². The number of hydrogen-bond donors (Lipinski definition) is 4. The minimum absolute atomic E-state index is 0.184. The smallest absolute Gasteiger partial charge is 0.294 e. The maximum absolute atomic E-state index is 12.3. The zero-order valence-electron chi connectivity index (χ0n) is 36.7. The summed E-state index contributed by atoms with van der Waals surface area (Å²) in [5, 5.41) is 15.0. The van der Waals surface area contributed by atoms with Crippen LogP contribution in [0.1, 0.15) is 83.8 Å². The van der Waals surface area contributed by atoms with Crippen LogP contribution in [0, 0.1) is 0 Å². The van der Waals surface area contributed by atoms with Gasteiger partial charge < -0.3 is 9.64 Å². The van der Waals surface area contributed by atoms with Gasteiger partial charge >= 0.3 is 0 Å². The van der Waals surface area contributed by atoms with Crippen LogP contribution in [0.15, 0.2) is 122 Å². The van der Waals surface area contributed by atoms with Gasteiger partial charge in [-0.15, -0.1) is 4.33 Å². The van der Waals surface area contributed by atoms with Crippen LogP contribution in [0.2, 0.25) is 0 Å². The predicted octanol–water partition coefficient (Wildman–Crippen LogP) is 9.49. The second-order valence-corrected chi connectivity index (χ2v) is 22.6. The minimum atomic E-state index is -4.52. The molecule has 1 aliphatic carbocycles.